The second-order valence-electron chi connectivity index (χ2n) is 7.13. The summed E-state index contributed by atoms with van der Waals surface area (Å²) in [5, 5.41) is 6.45. The zero-order valence-electron chi connectivity index (χ0n) is 14.4. The van der Waals surface area contributed by atoms with Crippen LogP contribution in [0.2, 0.25) is 0 Å². The number of anilines is 1. The Morgan fingerprint density at radius 1 is 1.15 bits per heavy atom. The monoisotopic (exact) mass is 352 g/mol. The Hall–Kier alpha value is -2.54. The molecule has 0 amide bonds. The van der Waals surface area contributed by atoms with Crippen molar-refractivity contribution < 1.29 is 4.39 Å². The van der Waals surface area contributed by atoms with E-state index in [9.17, 15) is 4.39 Å². The summed E-state index contributed by atoms with van der Waals surface area (Å²) < 4.78 is 16.1. The number of hydrogen-bond acceptors (Lipinski definition) is 5. The van der Waals surface area contributed by atoms with Gasteiger partial charge < -0.3 is 10.6 Å². The van der Waals surface area contributed by atoms with Crippen LogP contribution in [0.15, 0.2) is 36.8 Å². The van der Waals surface area contributed by atoms with Crippen LogP contribution in [-0.2, 0) is 0 Å². The van der Waals surface area contributed by atoms with E-state index in [1.54, 1.807) is 0 Å². The minimum absolute atomic E-state index is 0.251. The van der Waals surface area contributed by atoms with E-state index < -0.39 is 6.17 Å². The molecule has 134 valence electrons. The average molecular weight is 352 g/mol. The third kappa shape index (κ3) is 2.92. The van der Waals surface area contributed by atoms with Gasteiger partial charge in [0.05, 0.1) is 35.5 Å². The fourth-order valence-corrected chi connectivity index (χ4v) is 3.50. The molecule has 0 radical (unpaired) electrons. The molecule has 1 saturated carbocycles. The molecule has 3 aromatic heterocycles. The lowest BCUT2D eigenvalue weighted by Gasteiger charge is -2.28. The molecule has 0 bridgehead atoms. The highest BCUT2D eigenvalue weighted by molar-refractivity contribution is 5.61. The zero-order valence-corrected chi connectivity index (χ0v) is 14.4. The summed E-state index contributed by atoms with van der Waals surface area (Å²) >= 11 is 0. The Balaban J connectivity index is 1.46. The van der Waals surface area contributed by atoms with Crippen LogP contribution < -0.4 is 10.6 Å². The molecule has 26 heavy (non-hydrogen) atoms. The Bertz CT molecular complexity index is 935. The molecule has 1 aliphatic carbocycles. The number of hydrogen-bond donors (Lipinski definition) is 2. The van der Waals surface area contributed by atoms with Gasteiger partial charge in [0.1, 0.15) is 12.0 Å². The summed E-state index contributed by atoms with van der Waals surface area (Å²) in [4.78, 5) is 13.7. The second kappa shape index (κ2) is 6.32. The van der Waals surface area contributed by atoms with E-state index in [1.807, 2.05) is 35.0 Å². The summed E-state index contributed by atoms with van der Waals surface area (Å²) in [5.74, 6) is 1.26. The average Bonchev–Trinajstić information content (AvgIpc) is 3.43. The smallest absolute Gasteiger partial charge is 0.155 e. The molecule has 2 aliphatic rings. The molecule has 1 saturated heterocycles. The quantitative estimate of drug-likeness (QED) is 0.756. The Kier molecular flexibility index (Phi) is 3.81. The minimum atomic E-state index is -0.857. The van der Waals surface area contributed by atoms with Crippen molar-refractivity contribution in [2.75, 3.05) is 18.4 Å². The molecular formula is C19H21FN6. The first-order chi connectivity index (χ1) is 12.8. The highest BCUT2D eigenvalue weighted by Crippen LogP contribution is 2.39. The lowest BCUT2D eigenvalue weighted by molar-refractivity contribution is 0.241. The SMILES string of the molecule is FC1CCNCC1Nc1cccc(-c2cnc3cnc(C4CC4)cn23)n1. The van der Waals surface area contributed by atoms with Crippen LogP contribution in [0.1, 0.15) is 30.9 Å². The van der Waals surface area contributed by atoms with Crippen molar-refractivity contribution in [3.05, 3.63) is 42.5 Å². The van der Waals surface area contributed by atoms with Crippen LogP contribution in [0, 0.1) is 0 Å². The van der Waals surface area contributed by atoms with Crippen LogP contribution in [0.4, 0.5) is 10.2 Å². The highest BCUT2D eigenvalue weighted by Gasteiger charge is 2.26. The number of nitrogens with zero attached hydrogens (tertiary/aromatic N) is 4. The molecule has 2 N–H and O–H groups in total. The lowest BCUT2D eigenvalue weighted by atomic mass is 10.1. The van der Waals surface area contributed by atoms with E-state index in [2.05, 4.69) is 26.8 Å². The largest absolute Gasteiger partial charge is 0.363 e. The van der Waals surface area contributed by atoms with Gasteiger partial charge in [-0.15, -0.1) is 0 Å². The fourth-order valence-electron chi connectivity index (χ4n) is 3.50. The number of rotatable bonds is 4. The third-order valence-electron chi connectivity index (χ3n) is 5.15. The molecular weight excluding hydrogens is 331 g/mol. The molecule has 5 rings (SSSR count). The van der Waals surface area contributed by atoms with Gasteiger partial charge in [-0.3, -0.25) is 9.38 Å². The van der Waals surface area contributed by atoms with E-state index in [-0.39, 0.29) is 6.04 Å². The summed E-state index contributed by atoms with van der Waals surface area (Å²) in [7, 11) is 0. The second-order valence-corrected chi connectivity index (χ2v) is 7.13. The van der Waals surface area contributed by atoms with Crippen molar-refractivity contribution in [3.63, 3.8) is 0 Å². The van der Waals surface area contributed by atoms with Crippen molar-refractivity contribution >= 4 is 11.5 Å². The van der Waals surface area contributed by atoms with Gasteiger partial charge >= 0.3 is 0 Å². The maximum absolute atomic E-state index is 14.1. The summed E-state index contributed by atoms with van der Waals surface area (Å²) in [6.07, 6.45) is 7.80. The standard InChI is InChI=1S/C19H21FN6/c20-13-6-7-21-8-15(13)25-18-3-1-2-14(24-18)17-9-23-19-10-22-16(11-26(17)19)12-4-5-12/h1-3,9-13,15,21H,4-8H2,(H,24,25). The Morgan fingerprint density at radius 3 is 2.92 bits per heavy atom. The van der Waals surface area contributed by atoms with Crippen LogP contribution in [0.25, 0.3) is 17.0 Å². The fraction of sp³-hybridized carbons (Fsp3) is 0.421. The maximum Gasteiger partial charge on any atom is 0.155 e. The predicted octanol–water partition coefficient (Wildman–Crippen LogP) is 2.78. The van der Waals surface area contributed by atoms with Crippen LogP contribution in [0.3, 0.4) is 0 Å². The van der Waals surface area contributed by atoms with Gasteiger partial charge in [-0.1, -0.05) is 6.07 Å². The summed E-state index contributed by atoms with van der Waals surface area (Å²) in [6, 6.07) is 5.53. The molecule has 0 aromatic carbocycles. The van der Waals surface area contributed by atoms with Crippen LogP contribution >= 0.6 is 0 Å². The first-order valence-corrected chi connectivity index (χ1v) is 9.20. The number of piperidine rings is 1. The molecule has 1 aliphatic heterocycles. The number of pyridine rings is 1. The molecule has 3 aromatic rings. The molecule has 4 heterocycles. The molecule has 0 spiro atoms. The van der Waals surface area contributed by atoms with Crippen molar-refractivity contribution in [2.45, 2.75) is 37.4 Å². The number of aromatic nitrogens is 4. The topological polar surface area (TPSA) is 67.1 Å². The summed E-state index contributed by atoms with van der Waals surface area (Å²) in [6.45, 7) is 1.34. The van der Waals surface area contributed by atoms with Gasteiger partial charge in [-0.05, 0) is 37.9 Å². The molecule has 6 nitrogen and oxygen atoms in total. The van der Waals surface area contributed by atoms with Gasteiger partial charge in [0.15, 0.2) is 5.65 Å². The molecule has 2 unspecified atom stereocenters. The van der Waals surface area contributed by atoms with Gasteiger partial charge in [-0.2, -0.15) is 0 Å². The van der Waals surface area contributed by atoms with Crippen LogP contribution in [-0.4, -0.2) is 44.7 Å². The van der Waals surface area contributed by atoms with Crippen molar-refractivity contribution in [2.24, 2.45) is 0 Å². The first kappa shape index (κ1) is 15.7. The van der Waals surface area contributed by atoms with Crippen molar-refractivity contribution in [3.8, 4) is 11.4 Å². The highest BCUT2D eigenvalue weighted by atomic mass is 19.1. The number of fused-ring (bicyclic) bond motifs is 1. The number of imidazole rings is 1. The van der Waals surface area contributed by atoms with Gasteiger partial charge in [-0.25, -0.2) is 14.4 Å². The van der Waals surface area contributed by atoms with E-state index in [1.165, 1.54) is 12.8 Å². The van der Waals surface area contributed by atoms with Gasteiger partial charge in [0, 0.05) is 18.7 Å². The van der Waals surface area contributed by atoms with Crippen molar-refractivity contribution in [1.82, 2.24) is 24.7 Å². The van der Waals surface area contributed by atoms with E-state index in [0.29, 0.717) is 24.7 Å². The molecule has 2 atom stereocenters. The third-order valence-corrected chi connectivity index (χ3v) is 5.15. The predicted molar refractivity (Wildman–Crippen MR) is 98.0 cm³/mol. The first-order valence-electron chi connectivity index (χ1n) is 9.20. The van der Waals surface area contributed by atoms with E-state index in [4.69, 9.17) is 4.98 Å². The Morgan fingerprint density at radius 2 is 2.08 bits per heavy atom. The molecule has 7 heteroatoms. The zero-order chi connectivity index (χ0) is 17.5. The minimum Gasteiger partial charge on any atom is -0.363 e. The van der Waals surface area contributed by atoms with Gasteiger partial charge in [0.25, 0.3) is 0 Å². The van der Waals surface area contributed by atoms with Crippen molar-refractivity contribution in [1.29, 1.82) is 0 Å². The van der Waals surface area contributed by atoms with Crippen LogP contribution in [0.5, 0.6) is 0 Å². The number of nitrogens with one attached hydrogen (secondary N) is 2. The maximum atomic E-state index is 14.1. The number of alkyl halides is 1. The lowest BCUT2D eigenvalue weighted by Crippen LogP contribution is -2.46. The summed E-state index contributed by atoms with van der Waals surface area (Å²) in [5.41, 5.74) is 3.66. The van der Waals surface area contributed by atoms with Gasteiger partial charge in [0.2, 0.25) is 0 Å². The normalized spacial score (nSPS) is 23.3. The Labute approximate surface area is 150 Å². The molecule has 2 fully saturated rings. The van der Waals surface area contributed by atoms with E-state index in [0.717, 1.165) is 29.3 Å². The number of halogens is 1. The van der Waals surface area contributed by atoms with E-state index >= 15 is 0 Å².